The van der Waals surface area contributed by atoms with Gasteiger partial charge in [-0.3, -0.25) is 0 Å². The minimum absolute atomic E-state index is 0.0149. The van der Waals surface area contributed by atoms with E-state index in [0.717, 1.165) is 37.4 Å². The number of methoxy groups -OCH3 is 1. The van der Waals surface area contributed by atoms with Crippen LogP contribution >= 0.6 is 0 Å². The number of piperidine rings is 1. The van der Waals surface area contributed by atoms with Gasteiger partial charge in [0.25, 0.3) is 0 Å². The third-order valence-electron chi connectivity index (χ3n) is 6.90. The molecule has 32 heavy (non-hydrogen) atoms. The zero-order valence-corrected chi connectivity index (χ0v) is 19.1. The number of nitrogens with zero attached hydrogens (tertiary/aromatic N) is 1. The van der Waals surface area contributed by atoms with E-state index in [1.807, 2.05) is 30.3 Å². The van der Waals surface area contributed by atoms with Crippen molar-refractivity contribution in [3.05, 3.63) is 102 Å². The monoisotopic (exact) mass is 429 g/mol. The van der Waals surface area contributed by atoms with Crippen LogP contribution in [0.5, 0.6) is 5.75 Å². The van der Waals surface area contributed by atoms with E-state index in [1.54, 1.807) is 7.11 Å². The van der Waals surface area contributed by atoms with Crippen molar-refractivity contribution in [1.29, 1.82) is 0 Å². The SMILES string of the molecule is COc1ccc(C(O)(CCc2ccccc2)C(CN2CCCCC2)c2ccccc2)cc1. The molecule has 0 amide bonds. The summed E-state index contributed by atoms with van der Waals surface area (Å²) in [6.45, 7) is 3.09. The van der Waals surface area contributed by atoms with E-state index in [4.69, 9.17) is 4.74 Å². The molecule has 1 saturated heterocycles. The predicted molar refractivity (Wildman–Crippen MR) is 131 cm³/mol. The first kappa shape index (κ1) is 22.6. The molecule has 3 nitrogen and oxygen atoms in total. The lowest BCUT2D eigenvalue weighted by molar-refractivity contribution is -0.0144. The van der Waals surface area contributed by atoms with E-state index < -0.39 is 5.60 Å². The van der Waals surface area contributed by atoms with Crippen molar-refractivity contribution in [1.82, 2.24) is 4.90 Å². The standard InChI is InChI=1S/C29H35NO2/c1-32-27-17-15-26(16-18-27)29(31,20-19-24-11-5-2-6-12-24)28(25-13-7-3-8-14-25)23-30-21-9-4-10-22-30/h2-3,5-8,11-18,28,31H,4,9-10,19-23H2,1H3. The molecule has 0 radical (unpaired) electrons. The van der Waals surface area contributed by atoms with Crippen molar-refractivity contribution in [2.75, 3.05) is 26.7 Å². The summed E-state index contributed by atoms with van der Waals surface area (Å²) in [5.41, 5.74) is 2.43. The van der Waals surface area contributed by atoms with Gasteiger partial charge in [-0.25, -0.2) is 0 Å². The summed E-state index contributed by atoms with van der Waals surface area (Å²) in [6, 6.07) is 29.1. The van der Waals surface area contributed by atoms with Crippen LogP contribution in [0.3, 0.4) is 0 Å². The maximum Gasteiger partial charge on any atom is 0.118 e. The Hall–Kier alpha value is -2.62. The molecule has 1 fully saturated rings. The molecule has 1 heterocycles. The molecule has 2 atom stereocenters. The summed E-state index contributed by atoms with van der Waals surface area (Å²) in [5, 5.41) is 12.5. The van der Waals surface area contributed by atoms with Gasteiger partial charge in [0.1, 0.15) is 5.75 Å². The molecule has 1 aliphatic rings. The normalized spacial score (nSPS) is 17.4. The molecule has 0 spiro atoms. The number of hydrogen-bond acceptors (Lipinski definition) is 3. The first-order valence-electron chi connectivity index (χ1n) is 11.9. The van der Waals surface area contributed by atoms with Crippen LogP contribution in [0.2, 0.25) is 0 Å². The number of aryl methyl sites for hydroxylation is 1. The Morgan fingerprint density at radius 1 is 0.844 bits per heavy atom. The van der Waals surface area contributed by atoms with Gasteiger partial charge in [0.15, 0.2) is 0 Å². The Morgan fingerprint density at radius 3 is 2.09 bits per heavy atom. The van der Waals surface area contributed by atoms with Gasteiger partial charge >= 0.3 is 0 Å². The van der Waals surface area contributed by atoms with Crippen molar-refractivity contribution < 1.29 is 9.84 Å². The highest BCUT2D eigenvalue weighted by Gasteiger charge is 2.40. The molecule has 0 aromatic heterocycles. The highest BCUT2D eigenvalue weighted by Crippen LogP contribution is 2.42. The Labute approximate surface area is 192 Å². The summed E-state index contributed by atoms with van der Waals surface area (Å²) in [5.74, 6) is 0.797. The molecule has 0 bridgehead atoms. The van der Waals surface area contributed by atoms with E-state index >= 15 is 0 Å². The fourth-order valence-corrected chi connectivity index (χ4v) is 5.00. The zero-order chi connectivity index (χ0) is 22.2. The summed E-state index contributed by atoms with van der Waals surface area (Å²) >= 11 is 0. The third-order valence-corrected chi connectivity index (χ3v) is 6.90. The Kier molecular flexibility index (Phi) is 7.62. The van der Waals surface area contributed by atoms with Crippen LogP contribution in [0.4, 0.5) is 0 Å². The van der Waals surface area contributed by atoms with Crippen LogP contribution in [0.25, 0.3) is 0 Å². The first-order chi connectivity index (χ1) is 15.7. The number of aliphatic hydroxyl groups is 1. The van der Waals surface area contributed by atoms with Crippen LogP contribution in [-0.2, 0) is 12.0 Å². The highest BCUT2D eigenvalue weighted by atomic mass is 16.5. The van der Waals surface area contributed by atoms with Crippen LogP contribution in [0, 0.1) is 0 Å². The third kappa shape index (κ3) is 5.40. The average molecular weight is 430 g/mol. The molecule has 1 N–H and O–H groups in total. The average Bonchev–Trinajstić information content (AvgIpc) is 2.88. The topological polar surface area (TPSA) is 32.7 Å². The zero-order valence-electron chi connectivity index (χ0n) is 19.1. The quantitative estimate of drug-likeness (QED) is 0.468. The number of ether oxygens (including phenoxy) is 1. The Balaban J connectivity index is 1.71. The fourth-order valence-electron chi connectivity index (χ4n) is 5.00. The van der Waals surface area contributed by atoms with Crippen molar-refractivity contribution in [2.45, 2.75) is 43.6 Å². The summed E-state index contributed by atoms with van der Waals surface area (Å²) in [4.78, 5) is 2.54. The van der Waals surface area contributed by atoms with Gasteiger partial charge in [-0.1, -0.05) is 79.2 Å². The lowest BCUT2D eigenvalue weighted by atomic mass is 9.73. The molecule has 0 aliphatic carbocycles. The first-order valence-corrected chi connectivity index (χ1v) is 11.9. The maximum absolute atomic E-state index is 12.5. The molecule has 3 aromatic carbocycles. The van der Waals surface area contributed by atoms with Crippen LogP contribution in [0.1, 0.15) is 48.3 Å². The lowest BCUT2D eigenvalue weighted by Gasteiger charge is -2.41. The predicted octanol–water partition coefficient (Wildman–Crippen LogP) is 5.79. The van der Waals surface area contributed by atoms with Crippen LogP contribution < -0.4 is 4.74 Å². The summed E-state index contributed by atoms with van der Waals surface area (Å²) in [6.07, 6.45) is 5.28. The Bertz CT molecular complexity index is 936. The molecule has 0 saturated carbocycles. The minimum Gasteiger partial charge on any atom is -0.497 e. The van der Waals surface area contributed by atoms with Crippen molar-refractivity contribution in [3.8, 4) is 5.75 Å². The smallest absolute Gasteiger partial charge is 0.118 e. The summed E-state index contributed by atoms with van der Waals surface area (Å²) in [7, 11) is 1.68. The van der Waals surface area contributed by atoms with Crippen molar-refractivity contribution >= 4 is 0 Å². The molecule has 3 heteroatoms. The van der Waals surface area contributed by atoms with Crippen molar-refractivity contribution in [3.63, 3.8) is 0 Å². The second-order valence-electron chi connectivity index (χ2n) is 8.96. The number of hydrogen-bond donors (Lipinski definition) is 1. The second kappa shape index (κ2) is 10.8. The van der Waals surface area contributed by atoms with Gasteiger partial charge in [0.05, 0.1) is 12.7 Å². The fraction of sp³-hybridized carbons (Fsp3) is 0.379. The highest BCUT2D eigenvalue weighted by molar-refractivity contribution is 5.36. The molecule has 1 aliphatic heterocycles. The van der Waals surface area contributed by atoms with Gasteiger partial charge in [-0.15, -0.1) is 0 Å². The van der Waals surface area contributed by atoms with Crippen LogP contribution in [-0.4, -0.2) is 36.8 Å². The molecule has 2 unspecified atom stereocenters. The molecule has 4 rings (SSSR count). The number of likely N-dealkylation sites (tertiary alicyclic amines) is 1. The summed E-state index contributed by atoms with van der Waals surface area (Å²) < 4.78 is 5.39. The van der Waals surface area contributed by atoms with E-state index in [0.29, 0.717) is 6.42 Å². The van der Waals surface area contributed by atoms with E-state index in [2.05, 4.69) is 59.5 Å². The van der Waals surface area contributed by atoms with Gasteiger partial charge in [-0.05, 0) is 67.6 Å². The maximum atomic E-state index is 12.5. The Morgan fingerprint density at radius 2 is 1.47 bits per heavy atom. The largest absolute Gasteiger partial charge is 0.497 e. The lowest BCUT2D eigenvalue weighted by Crippen LogP contribution is -2.43. The number of benzene rings is 3. The van der Waals surface area contributed by atoms with Crippen LogP contribution in [0.15, 0.2) is 84.9 Å². The van der Waals surface area contributed by atoms with E-state index in [1.165, 1.54) is 30.4 Å². The molecular formula is C29H35NO2. The molecule has 3 aromatic rings. The minimum atomic E-state index is -0.985. The van der Waals surface area contributed by atoms with E-state index in [-0.39, 0.29) is 5.92 Å². The number of rotatable bonds is 9. The van der Waals surface area contributed by atoms with Gasteiger partial charge < -0.3 is 14.7 Å². The van der Waals surface area contributed by atoms with Gasteiger partial charge in [0, 0.05) is 12.5 Å². The van der Waals surface area contributed by atoms with Crippen molar-refractivity contribution in [2.24, 2.45) is 0 Å². The molecule has 168 valence electrons. The van der Waals surface area contributed by atoms with Gasteiger partial charge in [-0.2, -0.15) is 0 Å². The second-order valence-corrected chi connectivity index (χ2v) is 8.96. The van der Waals surface area contributed by atoms with Gasteiger partial charge in [0.2, 0.25) is 0 Å². The molecular weight excluding hydrogens is 394 g/mol. The van der Waals surface area contributed by atoms with E-state index in [9.17, 15) is 5.11 Å².